The van der Waals surface area contributed by atoms with Crippen molar-refractivity contribution in [3.05, 3.63) is 164 Å². The van der Waals surface area contributed by atoms with E-state index in [1.54, 1.807) is 0 Å². The fourth-order valence-electron chi connectivity index (χ4n) is 10.5. The van der Waals surface area contributed by atoms with Gasteiger partial charge in [0.15, 0.2) is 11.5 Å². The van der Waals surface area contributed by atoms with Gasteiger partial charge in [-0.2, -0.15) is 0 Å². The first-order valence-electron chi connectivity index (χ1n) is 19.4. The molecule has 4 heterocycles. The maximum Gasteiger partial charge on any atom is 0.357 e. The molecule has 0 saturated carbocycles. The highest BCUT2D eigenvalue weighted by Crippen LogP contribution is 2.55. The third kappa shape index (κ3) is 3.74. The number of ether oxygens (including phenoxy) is 1. The van der Waals surface area contributed by atoms with Gasteiger partial charge in [0.2, 0.25) is 0 Å². The van der Waals surface area contributed by atoms with Gasteiger partial charge in [0.1, 0.15) is 0 Å². The molecule has 0 saturated heterocycles. The van der Waals surface area contributed by atoms with Crippen LogP contribution in [-0.4, -0.2) is 16.1 Å². The van der Waals surface area contributed by atoms with Gasteiger partial charge >= 0.3 is 6.85 Å². The van der Waals surface area contributed by atoms with Crippen LogP contribution in [0.3, 0.4) is 0 Å². The molecule has 1 aromatic heterocycles. The maximum absolute atomic E-state index is 15.2. The first kappa shape index (κ1) is 30.7. The summed E-state index contributed by atoms with van der Waals surface area (Å²) in [6.07, 6.45) is 0.937. The van der Waals surface area contributed by atoms with Crippen molar-refractivity contribution in [1.82, 2.24) is 9.27 Å². The Bertz CT molecular complexity index is 2910. The quantitative estimate of drug-likeness (QED) is 0.148. The lowest BCUT2D eigenvalue weighted by molar-refractivity contribution is 0.473. The number of fused-ring (bicyclic) bond motifs is 10. The van der Waals surface area contributed by atoms with Crippen molar-refractivity contribution < 1.29 is 4.74 Å². The molecule has 3 aliphatic heterocycles. The maximum atomic E-state index is 15.2. The number of benzene rings is 6. The Hall–Kier alpha value is -5.75. The molecule has 0 spiro atoms. The summed E-state index contributed by atoms with van der Waals surface area (Å²) >= 11 is 0. The van der Waals surface area contributed by atoms with Gasteiger partial charge in [0.05, 0.1) is 28.0 Å². The zero-order chi connectivity index (χ0) is 36.6. The average molecular weight is 702 g/mol. The number of nitrogens with zero attached hydrogens (tertiary/aromatic N) is 3. The molecule has 5 nitrogen and oxygen atoms in total. The third-order valence-corrected chi connectivity index (χ3v) is 13.1. The van der Waals surface area contributed by atoms with Gasteiger partial charge in [0.25, 0.3) is 5.56 Å². The lowest BCUT2D eigenvalue weighted by Gasteiger charge is -2.40. The van der Waals surface area contributed by atoms with E-state index in [1.165, 1.54) is 44.5 Å². The molecule has 13 rings (SSSR count). The van der Waals surface area contributed by atoms with Crippen molar-refractivity contribution in [3.8, 4) is 17.2 Å². The summed E-state index contributed by atoms with van der Waals surface area (Å²) in [5.41, 5.74) is 18.1. The normalized spacial score (nSPS) is 17.9. The first-order chi connectivity index (χ1) is 26.0. The molecule has 2 atom stereocenters. The molecule has 3 aliphatic carbocycles. The van der Waals surface area contributed by atoms with Gasteiger partial charge in [-0.05, 0) is 110 Å². The molecule has 54 heavy (non-hydrogen) atoms. The van der Waals surface area contributed by atoms with Crippen molar-refractivity contribution >= 4 is 45.7 Å². The van der Waals surface area contributed by atoms with Crippen molar-refractivity contribution in [2.24, 2.45) is 0 Å². The van der Waals surface area contributed by atoms with Gasteiger partial charge in [-0.3, -0.25) is 14.1 Å². The smallest absolute Gasteiger partial charge is 0.357 e. The number of aromatic nitrogens is 2. The summed E-state index contributed by atoms with van der Waals surface area (Å²) in [5, 5.41) is 0.790. The molecule has 262 valence electrons. The van der Waals surface area contributed by atoms with Crippen LogP contribution < -0.4 is 26.1 Å². The predicted molar refractivity (Wildman–Crippen MR) is 219 cm³/mol. The summed E-state index contributed by atoms with van der Waals surface area (Å²) in [6.45, 7) is 13.2. The van der Waals surface area contributed by atoms with E-state index < -0.39 is 0 Å². The Morgan fingerprint density at radius 2 is 1.33 bits per heavy atom. The van der Waals surface area contributed by atoms with Crippen LogP contribution in [0.5, 0.6) is 11.5 Å². The van der Waals surface area contributed by atoms with Crippen molar-refractivity contribution in [3.63, 3.8) is 0 Å². The van der Waals surface area contributed by atoms with Crippen LogP contribution in [0.25, 0.3) is 16.6 Å². The SMILES string of the molecule is CC(C)(C)c1ccc2c(c1)Oc1ccc3c4c1N2c1ccc(C(C)(C)C)cc1B4n1c(=O)c2cc4c(cc2n1-3)C1c2ccccc2CC4c2ccccc21. The van der Waals surface area contributed by atoms with Crippen LogP contribution in [0, 0.1) is 0 Å². The largest absolute Gasteiger partial charge is 0.453 e. The topological polar surface area (TPSA) is 39.4 Å². The van der Waals surface area contributed by atoms with Gasteiger partial charge in [-0.1, -0.05) is 108 Å². The summed E-state index contributed by atoms with van der Waals surface area (Å²) in [5.74, 6) is 2.00. The minimum Gasteiger partial charge on any atom is -0.453 e. The van der Waals surface area contributed by atoms with E-state index in [9.17, 15) is 0 Å². The average Bonchev–Trinajstić information content (AvgIpc) is 3.53. The molecule has 0 fully saturated rings. The minimum absolute atomic E-state index is 0.0171. The number of hydrogen-bond donors (Lipinski definition) is 0. The van der Waals surface area contributed by atoms with E-state index in [1.807, 2.05) is 0 Å². The molecule has 7 aromatic rings. The molecule has 0 amide bonds. The van der Waals surface area contributed by atoms with Gasteiger partial charge in [-0.25, -0.2) is 0 Å². The van der Waals surface area contributed by atoms with E-state index in [4.69, 9.17) is 4.74 Å². The van der Waals surface area contributed by atoms with Gasteiger partial charge < -0.3 is 9.64 Å². The van der Waals surface area contributed by atoms with Crippen molar-refractivity contribution in [1.29, 1.82) is 0 Å². The summed E-state index contributed by atoms with van der Waals surface area (Å²) in [6, 6.07) is 40.4. The first-order valence-corrected chi connectivity index (χ1v) is 19.4. The van der Waals surface area contributed by atoms with Crippen molar-refractivity contribution in [2.45, 2.75) is 70.6 Å². The molecule has 6 heteroatoms. The van der Waals surface area contributed by atoms with E-state index in [0.717, 1.165) is 62.5 Å². The van der Waals surface area contributed by atoms with Crippen LogP contribution in [0.1, 0.15) is 97.9 Å². The molecule has 2 unspecified atom stereocenters. The second-order valence-electron chi connectivity index (χ2n) is 18.1. The van der Waals surface area contributed by atoms with Gasteiger partial charge in [0, 0.05) is 23.0 Å². The molecule has 6 aromatic carbocycles. The number of rotatable bonds is 0. The molecular formula is C48H40BN3O2. The zero-order valence-electron chi connectivity index (χ0n) is 31.5. The number of anilines is 3. The summed E-state index contributed by atoms with van der Waals surface area (Å²) in [7, 11) is 0. The lowest BCUT2D eigenvalue weighted by atomic mass is 9.48. The van der Waals surface area contributed by atoms with Crippen LogP contribution in [0.4, 0.5) is 17.1 Å². The van der Waals surface area contributed by atoms with Crippen LogP contribution >= 0.6 is 0 Å². The Kier molecular flexibility index (Phi) is 5.60. The highest BCUT2D eigenvalue weighted by Gasteiger charge is 2.49. The third-order valence-electron chi connectivity index (χ3n) is 13.1. The molecular weight excluding hydrogens is 661 g/mol. The lowest BCUT2D eigenvalue weighted by Crippen LogP contribution is -2.55. The fourth-order valence-corrected chi connectivity index (χ4v) is 10.5. The molecule has 6 aliphatic rings. The zero-order valence-corrected chi connectivity index (χ0v) is 31.5. The van der Waals surface area contributed by atoms with E-state index in [0.29, 0.717) is 0 Å². The van der Waals surface area contributed by atoms with E-state index in [2.05, 4.69) is 165 Å². The van der Waals surface area contributed by atoms with Crippen LogP contribution in [0.2, 0.25) is 0 Å². The Morgan fingerprint density at radius 3 is 2.11 bits per heavy atom. The standard InChI is InChI=1S/C48H40BN3O2/c1-47(2,3)27-15-17-37-36(22-27)49-44-39(19-20-41-45(44)50(37)38-18-16-28(48(4,5)6)23-42(38)54-41)51-40-25-34-33(24-35(40)46(53)52(49)51)32-21-26-11-7-8-12-29(26)43(34)31-14-10-9-13-30(31)32/h7-20,22-25,32,43H,21H2,1-6H3. The fraction of sp³-hybridized carbons (Fsp3) is 0.229. The van der Waals surface area contributed by atoms with E-state index >= 15 is 4.79 Å². The highest BCUT2D eigenvalue weighted by molar-refractivity contribution is 6.88. The van der Waals surface area contributed by atoms with E-state index in [-0.39, 0.29) is 35.1 Å². The second kappa shape index (κ2) is 9.86. The molecule has 0 N–H and O–H groups in total. The Labute approximate surface area is 315 Å². The molecule has 2 bridgehead atoms. The summed E-state index contributed by atoms with van der Waals surface area (Å²) in [4.78, 5) is 17.6. The Morgan fingerprint density at radius 1 is 0.648 bits per heavy atom. The highest BCUT2D eigenvalue weighted by atomic mass is 16.5. The van der Waals surface area contributed by atoms with Crippen molar-refractivity contribution in [2.75, 3.05) is 4.90 Å². The predicted octanol–water partition coefficient (Wildman–Crippen LogP) is 9.43. The van der Waals surface area contributed by atoms with Gasteiger partial charge in [-0.15, -0.1) is 0 Å². The second-order valence-corrected chi connectivity index (χ2v) is 18.1. The van der Waals surface area contributed by atoms with Crippen LogP contribution in [-0.2, 0) is 17.3 Å². The summed E-state index contributed by atoms with van der Waals surface area (Å²) < 4.78 is 11.1. The number of hydrogen-bond acceptors (Lipinski definition) is 3. The Balaban J connectivity index is 1.15. The monoisotopic (exact) mass is 701 g/mol. The van der Waals surface area contributed by atoms with Crippen LogP contribution in [0.15, 0.2) is 114 Å². The molecule has 0 radical (unpaired) electrons. The minimum atomic E-state index is -0.295.